The summed E-state index contributed by atoms with van der Waals surface area (Å²) >= 11 is 0. The Morgan fingerprint density at radius 2 is 2.60 bits per heavy atom. The minimum Gasteiger partial charge on any atom is -0.133 e. The van der Waals surface area contributed by atoms with E-state index in [1.807, 2.05) is 6.08 Å². The van der Waals surface area contributed by atoms with Crippen LogP contribution in [-0.2, 0) is 0 Å². The van der Waals surface area contributed by atoms with Crippen LogP contribution in [0.4, 0.5) is 0 Å². The second kappa shape index (κ2) is 3.74. The molecule has 0 saturated carbocycles. The number of allylic oxidation sites excluding steroid dienone is 1. The van der Waals surface area contributed by atoms with Gasteiger partial charge >= 0.3 is 0 Å². The molecule has 0 spiro atoms. The standard InChI is InChI=1S/C4H8Si/c1-2-3-4-5/h3H,1,4H2,5H3. The fourth-order valence-corrected chi connectivity index (χ4v) is 0.433. The molecule has 0 N–H and O–H groups in total. The summed E-state index contributed by atoms with van der Waals surface area (Å²) in [6.45, 7) is 3.39. The van der Waals surface area contributed by atoms with Gasteiger partial charge in [0.05, 0.1) is 0 Å². The van der Waals surface area contributed by atoms with Crippen molar-refractivity contribution < 1.29 is 0 Å². The lowest BCUT2D eigenvalue weighted by molar-refractivity contribution is 1.75. The molecule has 0 heterocycles. The molecule has 0 fully saturated rings. The number of rotatable bonds is 1. The molecule has 0 rings (SSSR count). The smallest absolute Gasteiger partial charge is 0.00835 e. The molecule has 0 amide bonds. The molecule has 0 aliphatic heterocycles. The SMILES string of the molecule is C=C=CC[SiH3]. The quantitative estimate of drug-likeness (QED) is 0.312. The zero-order valence-electron chi connectivity index (χ0n) is 3.49. The highest BCUT2D eigenvalue weighted by Gasteiger charge is 1.50. The molecule has 1 heteroatoms. The summed E-state index contributed by atoms with van der Waals surface area (Å²) < 4.78 is 0. The van der Waals surface area contributed by atoms with Gasteiger partial charge in [0, 0.05) is 10.2 Å². The van der Waals surface area contributed by atoms with E-state index in [0.717, 1.165) is 0 Å². The van der Waals surface area contributed by atoms with E-state index >= 15 is 0 Å². The summed E-state index contributed by atoms with van der Waals surface area (Å²) in [5, 5.41) is 0. The molecule has 0 aromatic carbocycles. The van der Waals surface area contributed by atoms with Crippen LogP contribution in [0.15, 0.2) is 18.4 Å². The van der Waals surface area contributed by atoms with E-state index in [2.05, 4.69) is 12.3 Å². The molecule has 0 radical (unpaired) electrons. The van der Waals surface area contributed by atoms with Crippen molar-refractivity contribution in [2.75, 3.05) is 0 Å². The first-order valence-electron chi connectivity index (χ1n) is 1.76. The van der Waals surface area contributed by atoms with Crippen LogP contribution >= 0.6 is 0 Å². The Bertz CT molecular complexity index is 50.7. The van der Waals surface area contributed by atoms with E-state index < -0.39 is 0 Å². The van der Waals surface area contributed by atoms with E-state index in [4.69, 9.17) is 0 Å². The van der Waals surface area contributed by atoms with Crippen LogP contribution in [0.5, 0.6) is 0 Å². The summed E-state index contributed by atoms with van der Waals surface area (Å²) in [7, 11) is 1.24. The van der Waals surface area contributed by atoms with Crippen molar-refractivity contribution in [3.05, 3.63) is 18.4 Å². The Morgan fingerprint density at radius 3 is 2.60 bits per heavy atom. The summed E-state index contributed by atoms with van der Waals surface area (Å²) in [5.41, 5.74) is 2.68. The van der Waals surface area contributed by atoms with Gasteiger partial charge in [-0.2, -0.15) is 0 Å². The van der Waals surface area contributed by atoms with E-state index in [0.29, 0.717) is 0 Å². The maximum Gasteiger partial charge on any atom is 0.00835 e. The fourth-order valence-electron chi connectivity index (χ4n) is 0.144. The van der Waals surface area contributed by atoms with Crippen LogP contribution in [0.3, 0.4) is 0 Å². The molecular formula is C4H8Si. The Labute approximate surface area is 35.6 Å². The first-order valence-corrected chi connectivity index (χ1v) is 3.17. The van der Waals surface area contributed by atoms with E-state index in [9.17, 15) is 0 Å². The first kappa shape index (κ1) is 4.74. The number of hydrogen-bond acceptors (Lipinski definition) is 0. The van der Waals surface area contributed by atoms with Gasteiger partial charge in [0.1, 0.15) is 0 Å². The van der Waals surface area contributed by atoms with E-state index in [1.165, 1.54) is 16.3 Å². The van der Waals surface area contributed by atoms with Crippen LogP contribution in [0, 0.1) is 0 Å². The van der Waals surface area contributed by atoms with Crippen molar-refractivity contribution in [3.63, 3.8) is 0 Å². The van der Waals surface area contributed by atoms with Gasteiger partial charge in [0.25, 0.3) is 0 Å². The monoisotopic (exact) mass is 84.0 g/mol. The predicted molar refractivity (Wildman–Crippen MR) is 28.5 cm³/mol. The van der Waals surface area contributed by atoms with Crippen molar-refractivity contribution in [3.8, 4) is 0 Å². The first-order chi connectivity index (χ1) is 2.41. The lowest BCUT2D eigenvalue weighted by atomic mass is 10.7. The third-order valence-electron chi connectivity index (χ3n) is 0.348. The van der Waals surface area contributed by atoms with Crippen molar-refractivity contribution >= 4 is 10.2 Å². The molecular weight excluding hydrogens is 76.1 g/mol. The second-order valence-electron chi connectivity index (χ2n) is 0.816. The minimum absolute atomic E-state index is 1.18. The Balaban J connectivity index is 2.93. The Morgan fingerprint density at radius 1 is 2.00 bits per heavy atom. The van der Waals surface area contributed by atoms with Crippen LogP contribution in [0.1, 0.15) is 0 Å². The zero-order chi connectivity index (χ0) is 4.12. The molecule has 0 aromatic heterocycles. The highest BCUT2D eigenvalue weighted by molar-refractivity contribution is 6.09. The van der Waals surface area contributed by atoms with Crippen molar-refractivity contribution in [2.45, 2.75) is 6.04 Å². The molecule has 28 valence electrons. The average molecular weight is 84.2 g/mol. The van der Waals surface area contributed by atoms with Crippen molar-refractivity contribution in [2.24, 2.45) is 0 Å². The highest BCUT2D eigenvalue weighted by Crippen LogP contribution is 1.65. The summed E-state index contributed by atoms with van der Waals surface area (Å²) in [5.74, 6) is 0. The topological polar surface area (TPSA) is 0 Å². The third-order valence-corrected chi connectivity index (χ3v) is 0.757. The highest BCUT2D eigenvalue weighted by atomic mass is 28.1. The molecule has 0 saturated heterocycles. The van der Waals surface area contributed by atoms with Gasteiger partial charge in [-0.15, -0.1) is 5.73 Å². The van der Waals surface area contributed by atoms with Crippen LogP contribution in [0.25, 0.3) is 0 Å². The van der Waals surface area contributed by atoms with Gasteiger partial charge in [-0.3, -0.25) is 0 Å². The molecule has 5 heavy (non-hydrogen) atoms. The average Bonchev–Trinajstić information content (AvgIpc) is 1.41. The summed E-state index contributed by atoms with van der Waals surface area (Å²) in [6.07, 6.45) is 1.95. The van der Waals surface area contributed by atoms with Gasteiger partial charge in [-0.25, -0.2) is 0 Å². The molecule has 0 aromatic rings. The molecule has 0 unspecified atom stereocenters. The Hall–Kier alpha value is -0.263. The van der Waals surface area contributed by atoms with Gasteiger partial charge in [-0.1, -0.05) is 6.58 Å². The van der Waals surface area contributed by atoms with Crippen LogP contribution in [-0.4, -0.2) is 10.2 Å². The van der Waals surface area contributed by atoms with Crippen LogP contribution < -0.4 is 0 Å². The molecule has 0 nitrogen and oxygen atoms in total. The molecule has 0 bridgehead atoms. The van der Waals surface area contributed by atoms with Crippen molar-refractivity contribution in [1.29, 1.82) is 0 Å². The van der Waals surface area contributed by atoms with E-state index in [-0.39, 0.29) is 0 Å². The zero-order valence-corrected chi connectivity index (χ0v) is 5.49. The molecule has 0 atom stereocenters. The lowest BCUT2D eigenvalue weighted by Gasteiger charge is -1.58. The normalized spacial score (nSPS) is 6.40. The predicted octanol–water partition coefficient (Wildman–Crippen LogP) is 0.111. The van der Waals surface area contributed by atoms with Gasteiger partial charge in [-0.05, 0) is 12.1 Å². The number of hydrogen-bond donors (Lipinski definition) is 0. The summed E-state index contributed by atoms with van der Waals surface area (Å²) in [6, 6.07) is 1.18. The van der Waals surface area contributed by atoms with Gasteiger partial charge < -0.3 is 0 Å². The fraction of sp³-hybridized carbons (Fsp3) is 0.250. The lowest BCUT2D eigenvalue weighted by Crippen LogP contribution is -1.48. The van der Waals surface area contributed by atoms with Crippen molar-refractivity contribution in [1.82, 2.24) is 0 Å². The van der Waals surface area contributed by atoms with Gasteiger partial charge in [0.15, 0.2) is 0 Å². The maximum absolute atomic E-state index is 3.39. The summed E-state index contributed by atoms with van der Waals surface area (Å²) in [4.78, 5) is 0. The van der Waals surface area contributed by atoms with Crippen LogP contribution in [0.2, 0.25) is 6.04 Å². The third kappa shape index (κ3) is 3.74. The molecule has 0 aliphatic rings. The molecule has 0 aliphatic carbocycles. The van der Waals surface area contributed by atoms with Gasteiger partial charge in [0.2, 0.25) is 0 Å². The maximum atomic E-state index is 3.39. The van der Waals surface area contributed by atoms with E-state index in [1.54, 1.807) is 0 Å². The minimum atomic E-state index is 1.18. The second-order valence-corrected chi connectivity index (χ2v) is 1.63. The largest absolute Gasteiger partial charge is 0.133 e. The Kier molecular flexibility index (Phi) is 3.54.